The smallest absolute Gasteiger partial charge is 0.338 e. The van der Waals surface area contributed by atoms with E-state index >= 15 is 4.79 Å². The van der Waals surface area contributed by atoms with Crippen molar-refractivity contribution in [2.24, 2.45) is 16.7 Å². The number of hydrogen-bond donors (Lipinski definition) is 4. The number of amides is 1. The molecule has 3 aromatic carbocycles. The first-order chi connectivity index (χ1) is 29.7. The van der Waals surface area contributed by atoms with E-state index in [9.17, 15) is 43.7 Å². The van der Waals surface area contributed by atoms with Crippen molar-refractivity contribution in [3.63, 3.8) is 0 Å². The number of fused-ring (bicyclic) bond motifs is 5. The van der Waals surface area contributed by atoms with Gasteiger partial charge >= 0.3 is 23.9 Å². The molecule has 11 atom stereocenters. The fraction of sp³-hybridized carbons (Fsp3) is 0.447. The number of hydrogen-bond acceptors (Lipinski definition) is 14. The summed E-state index contributed by atoms with van der Waals surface area (Å²) in [6.07, 6.45) is -10.9. The first kappa shape index (κ1) is 45.2. The molecule has 1 amide bonds. The van der Waals surface area contributed by atoms with Gasteiger partial charge in [-0.3, -0.25) is 19.2 Å². The summed E-state index contributed by atoms with van der Waals surface area (Å²) in [5.41, 5.74) is -7.58. The van der Waals surface area contributed by atoms with E-state index in [1.807, 2.05) is 0 Å². The maximum absolute atomic E-state index is 15.5. The second-order valence-corrected chi connectivity index (χ2v) is 17.5. The van der Waals surface area contributed by atoms with Crippen LogP contribution in [0.1, 0.15) is 86.7 Å². The zero-order valence-electron chi connectivity index (χ0n) is 35.5. The van der Waals surface area contributed by atoms with E-state index in [0.717, 1.165) is 26.0 Å². The van der Waals surface area contributed by atoms with Crippen LogP contribution in [0.25, 0.3) is 0 Å². The molecule has 16 heteroatoms. The molecule has 1 aliphatic heterocycles. The van der Waals surface area contributed by atoms with Crippen molar-refractivity contribution in [1.82, 2.24) is 5.32 Å². The molecule has 0 spiro atoms. The molecule has 3 aromatic rings. The van der Waals surface area contributed by atoms with Crippen LogP contribution in [-0.4, -0.2) is 105 Å². The van der Waals surface area contributed by atoms with Gasteiger partial charge in [0.05, 0.1) is 35.6 Å². The average molecular weight is 872 g/mol. The van der Waals surface area contributed by atoms with Crippen LogP contribution in [0.4, 0.5) is 4.39 Å². The van der Waals surface area contributed by atoms with Crippen LogP contribution in [0.3, 0.4) is 0 Å². The average Bonchev–Trinajstić information content (AvgIpc) is 3.24. The Hall–Kier alpha value is -5.81. The van der Waals surface area contributed by atoms with Crippen LogP contribution < -0.4 is 5.32 Å². The van der Waals surface area contributed by atoms with E-state index in [1.165, 1.54) is 64.1 Å². The number of Topliss-reactive ketones (excluding diaryl/α,β-unsaturated/α-hetero) is 1. The van der Waals surface area contributed by atoms with Gasteiger partial charge in [0.25, 0.3) is 5.91 Å². The van der Waals surface area contributed by atoms with E-state index < -0.39 is 118 Å². The third kappa shape index (κ3) is 7.62. The Kier molecular flexibility index (Phi) is 12.0. The Bertz CT molecular complexity index is 2340. The van der Waals surface area contributed by atoms with Crippen LogP contribution in [0, 0.1) is 22.6 Å². The highest BCUT2D eigenvalue weighted by Crippen LogP contribution is 2.64. The summed E-state index contributed by atoms with van der Waals surface area (Å²) in [4.78, 5) is 83.4. The standard InChI is InChI=1S/C47H50FNO14/c1-24-31(61-43(57)36(53)35(27-17-19-30(48)20-18-27)49-41(55)28-13-9-7-10-14-28)22-47(58)40(62-42(56)29-15-11-8-12-16-29)38-45(6,32(52)21-33-46(38,23-59-33)63-26(3)51)39(54)37(60-25(2)50)34(24)44(47,4)5/h7-20,31-33,35-38,40,52-53,58H,21-23H2,1-6H3,(H,49,55)/t31?,32-,33+,35?,36?,37-,38?,40?,45+,46-,47+/m0/s1. The Labute approximate surface area is 362 Å². The Morgan fingerprint density at radius 2 is 1.46 bits per heavy atom. The number of aliphatic hydroxyl groups is 3. The number of ketones is 1. The Balaban J connectivity index is 1.39. The molecule has 1 heterocycles. The number of carbonyl (C=O) groups excluding carboxylic acids is 6. The lowest BCUT2D eigenvalue weighted by molar-refractivity contribution is -0.346. The zero-order chi connectivity index (χ0) is 45.8. The predicted molar refractivity (Wildman–Crippen MR) is 218 cm³/mol. The maximum Gasteiger partial charge on any atom is 0.338 e. The number of esters is 4. The lowest BCUT2D eigenvalue weighted by Crippen LogP contribution is -2.82. The molecule has 0 aromatic heterocycles. The van der Waals surface area contributed by atoms with Crippen molar-refractivity contribution in [3.8, 4) is 0 Å². The maximum atomic E-state index is 15.5. The van der Waals surface area contributed by atoms with E-state index in [-0.39, 0.29) is 40.9 Å². The van der Waals surface area contributed by atoms with Crippen LogP contribution in [0.15, 0.2) is 96.1 Å². The fourth-order valence-corrected chi connectivity index (χ4v) is 10.2. The highest BCUT2D eigenvalue weighted by atomic mass is 19.1. The molecule has 2 bridgehead atoms. The summed E-state index contributed by atoms with van der Waals surface area (Å²) in [6, 6.07) is 18.9. The minimum atomic E-state index is -2.44. The molecule has 4 N–H and O–H groups in total. The van der Waals surface area contributed by atoms with Crippen molar-refractivity contribution in [2.45, 2.75) is 108 Å². The van der Waals surface area contributed by atoms with Gasteiger partial charge in [-0.25, -0.2) is 14.0 Å². The number of rotatable bonds is 10. The van der Waals surface area contributed by atoms with E-state index in [2.05, 4.69) is 5.32 Å². The first-order valence-electron chi connectivity index (χ1n) is 20.6. The van der Waals surface area contributed by atoms with Crippen molar-refractivity contribution < 1.29 is 72.2 Å². The number of ether oxygens (including phenoxy) is 5. The van der Waals surface area contributed by atoms with Crippen LogP contribution >= 0.6 is 0 Å². The third-order valence-corrected chi connectivity index (χ3v) is 13.6. The van der Waals surface area contributed by atoms with Gasteiger partial charge in [0.15, 0.2) is 23.6 Å². The third-order valence-electron chi connectivity index (χ3n) is 13.6. The minimum absolute atomic E-state index is 0.0441. The highest BCUT2D eigenvalue weighted by Gasteiger charge is 2.78. The minimum Gasteiger partial charge on any atom is -0.456 e. The number of halogens is 1. The van der Waals surface area contributed by atoms with Crippen molar-refractivity contribution in [3.05, 3.63) is 119 Å². The summed E-state index contributed by atoms with van der Waals surface area (Å²) in [5, 5.41) is 40.1. The molecule has 7 rings (SSSR count). The van der Waals surface area contributed by atoms with Crippen molar-refractivity contribution >= 4 is 35.6 Å². The SMILES string of the molecule is CC(=O)O[C@@H]1C(=O)[C@@]2(C)C(C(OC(=O)c3ccccc3)[C@]3(O)CC(OC(=O)C(O)C(NC(=O)c4ccccc4)c4ccc(F)cc4)C(C)=C1C3(C)C)[C@]1(OC(C)=O)CO[C@@H]1C[C@@H]2O. The summed E-state index contributed by atoms with van der Waals surface area (Å²) >= 11 is 0. The van der Waals surface area contributed by atoms with Gasteiger partial charge in [-0.1, -0.05) is 62.4 Å². The normalized spacial score (nSPS) is 31.6. The molecular weight excluding hydrogens is 822 g/mol. The first-order valence-corrected chi connectivity index (χ1v) is 20.6. The number of nitrogens with one attached hydrogen (secondary N) is 1. The molecule has 4 aliphatic rings. The molecular formula is C47H50FNO14. The van der Waals surface area contributed by atoms with Gasteiger partial charge in [0.2, 0.25) is 0 Å². The molecule has 3 aliphatic carbocycles. The van der Waals surface area contributed by atoms with Gasteiger partial charge in [0.1, 0.15) is 29.7 Å². The monoisotopic (exact) mass is 871 g/mol. The van der Waals surface area contributed by atoms with Crippen LogP contribution in [0.2, 0.25) is 0 Å². The van der Waals surface area contributed by atoms with Crippen molar-refractivity contribution in [2.75, 3.05) is 6.61 Å². The number of carbonyl (C=O) groups is 6. The second-order valence-electron chi connectivity index (χ2n) is 17.5. The number of benzene rings is 3. The van der Waals surface area contributed by atoms with Crippen molar-refractivity contribution in [1.29, 1.82) is 0 Å². The molecule has 0 radical (unpaired) electrons. The molecule has 1 saturated heterocycles. The molecule has 2 saturated carbocycles. The highest BCUT2D eigenvalue weighted by molar-refractivity contribution is 5.96. The van der Waals surface area contributed by atoms with E-state index in [4.69, 9.17) is 23.7 Å². The van der Waals surface area contributed by atoms with Gasteiger partial charge in [0, 0.05) is 37.7 Å². The van der Waals surface area contributed by atoms with E-state index in [0.29, 0.717) is 0 Å². The second kappa shape index (κ2) is 16.7. The lowest BCUT2D eigenvalue weighted by atomic mass is 9.44. The van der Waals surface area contributed by atoms with Gasteiger partial charge in [-0.05, 0) is 67.0 Å². The quantitative estimate of drug-likeness (QED) is 0.129. The van der Waals surface area contributed by atoms with Gasteiger partial charge < -0.3 is 44.3 Å². The summed E-state index contributed by atoms with van der Waals surface area (Å²) in [6.45, 7) is 7.79. The van der Waals surface area contributed by atoms with Crippen LogP contribution in [-0.2, 0) is 42.9 Å². The largest absolute Gasteiger partial charge is 0.456 e. The van der Waals surface area contributed by atoms with Crippen LogP contribution in [0.5, 0.6) is 0 Å². The lowest BCUT2D eigenvalue weighted by Gasteiger charge is -2.67. The Morgan fingerprint density at radius 1 is 0.857 bits per heavy atom. The molecule has 5 unspecified atom stereocenters. The predicted octanol–water partition coefficient (Wildman–Crippen LogP) is 3.87. The summed E-state index contributed by atoms with van der Waals surface area (Å²) in [5.74, 6) is -7.79. The fourth-order valence-electron chi connectivity index (χ4n) is 10.2. The molecule has 3 fully saturated rings. The van der Waals surface area contributed by atoms with Gasteiger partial charge in [-0.15, -0.1) is 0 Å². The zero-order valence-corrected chi connectivity index (χ0v) is 35.5. The Morgan fingerprint density at radius 3 is 2.02 bits per heavy atom. The molecule has 334 valence electrons. The summed E-state index contributed by atoms with van der Waals surface area (Å²) in [7, 11) is 0. The molecule has 63 heavy (non-hydrogen) atoms. The van der Waals surface area contributed by atoms with Gasteiger partial charge in [-0.2, -0.15) is 0 Å². The molecule has 15 nitrogen and oxygen atoms in total. The van der Waals surface area contributed by atoms with E-state index in [1.54, 1.807) is 36.4 Å². The summed E-state index contributed by atoms with van der Waals surface area (Å²) < 4.78 is 44.2. The number of aliphatic hydroxyl groups excluding tert-OH is 2. The topological polar surface area (TPSA) is 221 Å².